The van der Waals surface area contributed by atoms with Crippen LogP contribution in [0.5, 0.6) is 0 Å². The molecule has 1 amide bonds. The molecule has 0 aliphatic heterocycles. The van der Waals surface area contributed by atoms with Crippen LogP contribution in [0.1, 0.15) is 21.7 Å². The van der Waals surface area contributed by atoms with Gasteiger partial charge in [0.2, 0.25) is 0 Å². The number of carbonyl (C=O) groups is 1. The number of benzene rings is 1. The first kappa shape index (κ1) is 13.7. The largest absolute Gasteiger partial charge is 0.347 e. The third-order valence-electron chi connectivity index (χ3n) is 2.95. The first-order chi connectivity index (χ1) is 9.49. The molecule has 0 aliphatic rings. The van der Waals surface area contributed by atoms with Crippen molar-refractivity contribution < 1.29 is 9.72 Å². The lowest BCUT2D eigenvalue weighted by Gasteiger charge is -2.17. The standard InChI is InChI=1S/C13H14N4O3/c1-9-3-4-10(17(19)20)7-11(9)13(18)16(2)8-12-14-5-6-15-12/h3-7H,8H2,1-2H3,(H,14,15). The summed E-state index contributed by atoms with van der Waals surface area (Å²) in [6.07, 6.45) is 3.28. The van der Waals surface area contributed by atoms with Crippen LogP contribution < -0.4 is 0 Å². The molecule has 0 radical (unpaired) electrons. The predicted octanol–water partition coefficient (Wildman–Crippen LogP) is 1.90. The highest BCUT2D eigenvalue weighted by Crippen LogP contribution is 2.19. The van der Waals surface area contributed by atoms with E-state index in [-0.39, 0.29) is 11.6 Å². The Morgan fingerprint density at radius 1 is 1.50 bits per heavy atom. The molecule has 7 nitrogen and oxygen atoms in total. The van der Waals surface area contributed by atoms with Crippen LogP contribution >= 0.6 is 0 Å². The molecule has 0 aliphatic carbocycles. The highest BCUT2D eigenvalue weighted by atomic mass is 16.6. The highest BCUT2D eigenvalue weighted by molar-refractivity contribution is 5.96. The molecule has 2 aromatic rings. The zero-order chi connectivity index (χ0) is 14.7. The Morgan fingerprint density at radius 2 is 2.25 bits per heavy atom. The van der Waals surface area contributed by atoms with Gasteiger partial charge in [-0.2, -0.15) is 0 Å². The quantitative estimate of drug-likeness (QED) is 0.680. The van der Waals surface area contributed by atoms with Crippen molar-refractivity contribution in [3.05, 3.63) is 57.7 Å². The van der Waals surface area contributed by atoms with Crippen molar-refractivity contribution >= 4 is 11.6 Å². The maximum Gasteiger partial charge on any atom is 0.270 e. The lowest BCUT2D eigenvalue weighted by molar-refractivity contribution is -0.384. The van der Waals surface area contributed by atoms with Gasteiger partial charge in [0, 0.05) is 37.1 Å². The summed E-state index contributed by atoms with van der Waals surface area (Å²) in [5, 5.41) is 10.8. The lowest BCUT2D eigenvalue weighted by Crippen LogP contribution is -2.27. The summed E-state index contributed by atoms with van der Waals surface area (Å²) < 4.78 is 0. The SMILES string of the molecule is Cc1ccc([N+](=O)[O-])cc1C(=O)N(C)Cc1ncc[nH]1. The van der Waals surface area contributed by atoms with E-state index in [9.17, 15) is 14.9 Å². The van der Waals surface area contributed by atoms with E-state index < -0.39 is 4.92 Å². The van der Waals surface area contributed by atoms with Gasteiger partial charge in [-0.1, -0.05) is 6.07 Å². The number of imidazole rings is 1. The number of aryl methyl sites for hydroxylation is 1. The molecule has 0 saturated carbocycles. The fourth-order valence-electron chi connectivity index (χ4n) is 1.84. The van der Waals surface area contributed by atoms with Crippen LogP contribution in [0.3, 0.4) is 0 Å². The third-order valence-corrected chi connectivity index (χ3v) is 2.95. The smallest absolute Gasteiger partial charge is 0.270 e. The van der Waals surface area contributed by atoms with Crippen molar-refractivity contribution in [2.24, 2.45) is 0 Å². The molecule has 0 unspecified atom stereocenters. The zero-order valence-electron chi connectivity index (χ0n) is 11.2. The van der Waals surface area contributed by atoms with Crippen LogP contribution in [0.25, 0.3) is 0 Å². The Hall–Kier alpha value is -2.70. The normalized spacial score (nSPS) is 10.3. The molecular weight excluding hydrogens is 260 g/mol. The summed E-state index contributed by atoms with van der Waals surface area (Å²) in [6.45, 7) is 2.06. The Morgan fingerprint density at radius 3 is 2.85 bits per heavy atom. The number of rotatable bonds is 4. The van der Waals surface area contributed by atoms with Crippen molar-refractivity contribution in [3.63, 3.8) is 0 Å². The zero-order valence-corrected chi connectivity index (χ0v) is 11.2. The number of aromatic nitrogens is 2. The van der Waals surface area contributed by atoms with Crippen LogP contribution in [0, 0.1) is 17.0 Å². The van der Waals surface area contributed by atoms with Gasteiger partial charge in [0.05, 0.1) is 11.5 Å². The van der Waals surface area contributed by atoms with E-state index in [2.05, 4.69) is 9.97 Å². The molecule has 1 aromatic heterocycles. The molecule has 104 valence electrons. The van der Waals surface area contributed by atoms with Crippen LogP contribution in [0.15, 0.2) is 30.6 Å². The molecule has 7 heteroatoms. The monoisotopic (exact) mass is 274 g/mol. The van der Waals surface area contributed by atoms with Crippen molar-refractivity contribution in [2.75, 3.05) is 7.05 Å². The number of hydrogen-bond acceptors (Lipinski definition) is 4. The van der Waals surface area contributed by atoms with Gasteiger partial charge < -0.3 is 9.88 Å². The Bertz CT molecular complexity index is 637. The minimum absolute atomic E-state index is 0.0923. The number of nitrogens with one attached hydrogen (secondary N) is 1. The fourth-order valence-corrected chi connectivity index (χ4v) is 1.84. The number of nitrogens with zero attached hydrogens (tertiary/aromatic N) is 3. The summed E-state index contributed by atoms with van der Waals surface area (Å²) in [6, 6.07) is 4.26. The molecule has 0 atom stereocenters. The first-order valence-corrected chi connectivity index (χ1v) is 5.98. The number of aromatic amines is 1. The average molecular weight is 274 g/mol. The van der Waals surface area contributed by atoms with E-state index in [1.54, 1.807) is 32.4 Å². The fraction of sp³-hybridized carbons (Fsp3) is 0.231. The number of H-pyrrole nitrogens is 1. The van der Waals surface area contributed by atoms with Gasteiger partial charge in [0.1, 0.15) is 5.82 Å². The van der Waals surface area contributed by atoms with Gasteiger partial charge in [0.15, 0.2) is 0 Å². The second kappa shape index (κ2) is 5.52. The van der Waals surface area contributed by atoms with E-state index in [1.165, 1.54) is 17.0 Å². The first-order valence-electron chi connectivity index (χ1n) is 5.98. The van der Waals surface area contributed by atoms with Gasteiger partial charge in [0.25, 0.3) is 11.6 Å². The number of hydrogen-bond donors (Lipinski definition) is 1. The Balaban J connectivity index is 2.23. The van der Waals surface area contributed by atoms with Crippen LogP contribution in [0.4, 0.5) is 5.69 Å². The number of nitro benzene ring substituents is 1. The summed E-state index contributed by atoms with van der Waals surface area (Å²) in [4.78, 5) is 31.0. The lowest BCUT2D eigenvalue weighted by atomic mass is 10.1. The third kappa shape index (κ3) is 2.82. The molecule has 1 aromatic carbocycles. The maximum absolute atomic E-state index is 12.3. The van der Waals surface area contributed by atoms with Crippen LogP contribution in [0.2, 0.25) is 0 Å². The van der Waals surface area contributed by atoms with Crippen molar-refractivity contribution in [3.8, 4) is 0 Å². The van der Waals surface area contributed by atoms with Crippen LogP contribution in [-0.2, 0) is 6.54 Å². The van der Waals surface area contributed by atoms with E-state index in [0.717, 1.165) is 0 Å². The van der Waals surface area contributed by atoms with Gasteiger partial charge in [-0.05, 0) is 12.5 Å². The summed E-state index contributed by atoms with van der Waals surface area (Å²) >= 11 is 0. The second-order valence-electron chi connectivity index (χ2n) is 4.45. The van der Waals surface area contributed by atoms with Crippen molar-refractivity contribution in [1.29, 1.82) is 0 Å². The molecule has 1 heterocycles. The van der Waals surface area contributed by atoms with Crippen LogP contribution in [-0.4, -0.2) is 32.7 Å². The van der Waals surface area contributed by atoms with E-state index in [0.29, 0.717) is 23.5 Å². The topological polar surface area (TPSA) is 92.1 Å². The summed E-state index contributed by atoms with van der Waals surface area (Å²) in [5.74, 6) is 0.381. The number of amides is 1. The molecule has 0 bridgehead atoms. The minimum Gasteiger partial charge on any atom is -0.347 e. The van der Waals surface area contributed by atoms with Crippen molar-refractivity contribution in [1.82, 2.24) is 14.9 Å². The Kier molecular flexibility index (Phi) is 3.79. The number of carbonyl (C=O) groups excluding carboxylic acids is 1. The minimum atomic E-state index is -0.511. The molecule has 1 N–H and O–H groups in total. The van der Waals surface area contributed by atoms with E-state index in [1.807, 2.05) is 0 Å². The molecule has 0 fully saturated rings. The van der Waals surface area contributed by atoms with Gasteiger partial charge in [-0.3, -0.25) is 14.9 Å². The molecular formula is C13H14N4O3. The van der Waals surface area contributed by atoms with Gasteiger partial charge >= 0.3 is 0 Å². The van der Waals surface area contributed by atoms with E-state index >= 15 is 0 Å². The molecule has 2 rings (SSSR count). The van der Waals surface area contributed by atoms with E-state index in [4.69, 9.17) is 0 Å². The Labute approximate surface area is 115 Å². The van der Waals surface area contributed by atoms with Crippen molar-refractivity contribution in [2.45, 2.75) is 13.5 Å². The molecule has 0 saturated heterocycles. The number of nitro groups is 1. The number of non-ortho nitro benzene ring substituents is 1. The highest BCUT2D eigenvalue weighted by Gasteiger charge is 2.18. The summed E-state index contributed by atoms with van der Waals surface area (Å²) in [5.41, 5.74) is 0.936. The average Bonchev–Trinajstić information content (AvgIpc) is 2.91. The summed E-state index contributed by atoms with van der Waals surface area (Å²) in [7, 11) is 1.63. The van der Waals surface area contributed by atoms with Gasteiger partial charge in [-0.15, -0.1) is 0 Å². The van der Waals surface area contributed by atoms with Gasteiger partial charge in [-0.25, -0.2) is 4.98 Å². The second-order valence-corrected chi connectivity index (χ2v) is 4.45. The predicted molar refractivity (Wildman–Crippen MR) is 72.2 cm³/mol. The molecule has 20 heavy (non-hydrogen) atoms. The molecule has 0 spiro atoms. The maximum atomic E-state index is 12.3.